The Balaban J connectivity index is 1.56. The quantitative estimate of drug-likeness (QED) is 0.116. The topological polar surface area (TPSA) is 144 Å². The van der Waals surface area contributed by atoms with Gasteiger partial charge in [-0.05, 0) is 47.4 Å². The van der Waals surface area contributed by atoms with Gasteiger partial charge in [-0.15, -0.1) is 15.3 Å². The van der Waals surface area contributed by atoms with E-state index in [9.17, 15) is 15.2 Å². The summed E-state index contributed by atoms with van der Waals surface area (Å²) in [5, 5.41) is 38.4. The Bertz CT molecular complexity index is 1600. The molecule has 0 unspecified atom stereocenters. The van der Waals surface area contributed by atoms with Gasteiger partial charge < -0.3 is 24.2 Å². The number of rotatable bonds is 9. The lowest BCUT2D eigenvalue weighted by atomic mass is 9.69. The Morgan fingerprint density at radius 1 is 0.860 bits per heavy atom. The predicted octanol–water partition coefficient (Wildman–Crippen LogP) is 7.94. The second kappa shape index (κ2) is 11.6. The third kappa shape index (κ3) is 5.74. The number of nitro benzene ring substituents is 1. The van der Waals surface area contributed by atoms with E-state index in [-0.39, 0.29) is 16.5 Å². The molecule has 0 atom stereocenters. The highest BCUT2D eigenvalue weighted by molar-refractivity contribution is 5.78. The van der Waals surface area contributed by atoms with E-state index in [1.807, 2.05) is 6.07 Å². The number of azo groups is 2. The molecule has 0 aromatic heterocycles. The van der Waals surface area contributed by atoms with Crippen molar-refractivity contribution in [2.75, 3.05) is 39.0 Å². The Morgan fingerprint density at radius 2 is 1.42 bits per heavy atom. The molecule has 226 valence electrons. The molecular weight excluding hydrogens is 552 g/mol. The molecule has 2 aliphatic heterocycles. The maximum absolute atomic E-state index is 10.9. The zero-order valence-electron chi connectivity index (χ0n) is 25.2. The number of anilines is 1. The van der Waals surface area contributed by atoms with E-state index in [4.69, 9.17) is 14.2 Å². The van der Waals surface area contributed by atoms with Crippen molar-refractivity contribution in [3.63, 3.8) is 0 Å². The van der Waals surface area contributed by atoms with Gasteiger partial charge >= 0.3 is 0 Å². The molecule has 5 rings (SSSR count). The van der Waals surface area contributed by atoms with Crippen LogP contribution in [0.2, 0.25) is 0 Å². The highest BCUT2D eigenvalue weighted by Crippen LogP contribution is 2.55. The smallest absolute Gasteiger partial charge is 0.269 e. The van der Waals surface area contributed by atoms with Crippen LogP contribution in [-0.4, -0.2) is 44.1 Å². The maximum Gasteiger partial charge on any atom is 0.269 e. The van der Waals surface area contributed by atoms with Crippen LogP contribution in [0.4, 0.5) is 34.1 Å². The molecule has 12 nitrogen and oxygen atoms in total. The predicted molar refractivity (Wildman–Crippen MR) is 163 cm³/mol. The summed E-state index contributed by atoms with van der Waals surface area (Å²) in [6.45, 7) is 10.3. The zero-order chi connectivity index (χ0) is 30.9. The molecule has 0 saturated heterocycles. The Labute approximate surface area is 250 Å². The first kappa shape index (κ1) is 29.9. The number of non-ortho nitro benzene ring substituents is 1. The number of nitro groups is 1. The van der Waals surface area contributed by atoms with E-state index in [1.54, 1.807) is 12.1 Å². The van der Waals surface area contributed by atoms with Crippen LogP contribution in [0.5, 0.6) is 17.2 Å². The largest absolute Gasteiger partial charge is 0.494 e. The van der Waals surface area contributed by atoms with E-state index >= 15 is 0 Å². The number of aliphatic hydroxyl groups is 1. The van der Waals surface area contributed by atoms with Gasteiger partial charge in [-0.1, -0.05) is 27.7 Å². The molecule has 2 aliphatic rings. The van der Waals surface area contributed by atoms with Gasteiger partial charge in [0, 0.05) is 48.6 Å². The number of ether oxygens (including phenoxy) is 3. The normalized spacial score (nSPS) is 16.8. The number of methoxy groups -OCH3 is 2. The summed E-state index contributed by atoms with van der Waals surface area (Å²) >= 11 is 0. The summed E-state index contributed by atoms with van der Waals surface area (Å²) in [7, 11) is 3.02. The Hall–Kier alpha value is -4.58. The van der Waals surface area contributed by atoms with Gasteiger partial charge in [0.05, 0.1) is 24.8 Å². The molecule has 43 heavy (non-hydrogen) atoms. The van der Waals surface area contributed by atoms with Crippen LogP contribution in [-0.2, 0) is 10.8 Å². The summed E-state index contributed by atoms with van der Waals surface area (Å²) in [6.07, 6.45) is 1.96. The molecule has 1 N–H and O–H groups in total. The molecule has 12 heteroatoms. The fraction of sp³-hybridized carbons (Fsp3) is 0.419. The van der Waals surface area contributed by atoms with Gasteiger partial charge in [0.25, 0.3) is 5.69 Å². The number of benzene rings is 3. The van der Waals surface area contributed by atoms with Crippen LogP contribution in [0.25, 0.3) is 0 Å². The van der Waals surface area contributed by atoms with Crippen molar-refractivity contribution in [2.24, 2.45) is 20.5 Å². The van der Waals surface area contributed by atoms with Crippen LogP contribution in [0.1, 0.15) is 51.7 Å². The lowest BCUT2D eigenvalue weighted by Gasteiger charge is -2.48. The molecule has 2 heterocycles. The van der Waals surface area contributed by atoms with Crippen molar-refractivity contribution in [2.45, 2.75) is 51.4 Å². The van der Waals surface area contributed by atoms with E-state index in [0.717, 1.165) is 31.5 Å². The third-order valence-electron chi connectivity index (χ3n) is 8.26. The Morgan fingerprint density at radius 3 is 1.98 bits per heavy atom. The minimum atomic E-state index is -0.487. The molecule has 0 radical (unpaired) electrons. The molecular formula is C31H36N6O6. The fourth-order valence-electron chi connectivity index (χ4n) is 5.70. The van der Waals surface area contributed by atoms with Crippen molar-refractivity contribution in [1.29, 1.82) is 0 Å². The molecule has 0 bridgehead atoms. The van der Waals surface area contributed by atoms with Crippen molar-refractivity contribution >= 4 is 34.1 Å². The zero-order valence-corrected chi connectivity index (χ0v) is 25.2. The minimum absolute atomic E-state index is 0.0341. The standard InChI is InChI=1S/C31H36N6O6/c1-30(2)11-13-36-14-12-31(3,4)27-28(36)21(30)15-24(29(27)43-18-38)35-34-23-17-25(41-5)22(16-26(23)42-6)33-32-19-7-9-20(10-8-19)37(39)40/h7-10,15-17,38H,11-14,18H2,1-6H3. The van der Waals surface area contributed by atoms with Crippen molar-refractivity contribution in [1.82, 2.24) is 0 Å². The first-order chi connectivity index (χ1) is 20.5. The van der Waals surface area contributed by atoms with Crippen LogP contribution in [0.3, 0.4) is 0 Å². The molecule has 0 saturated carbocycles. The third-order valence-corrected chi connectivity index (χ3v) is 8.26. The SMILES string of the molecule is COc1cc(N=Nc2cc3c4c(c2OCO)C(C)(C)CCN4CCC3(C)C)c(OC)cc1N=Nc1ccc([N+](=O)[O-])cc1. The number of nitrogens with zero attached hydrogens (tertiary/aromatic N) is 6. The van der Waals surface area contributed by atoms with E-state index in [0.29, 0.717) is 40.0 Å². The second-order valence-corrected chi connectivity index (χ2v) is 11.9. The fourth-order valence-corrected chi connectivity index (χ4v) is 5.70. The monoisotopic (exact) mass is 588 g/mol. The van der Waals surface area contributed by atoms with Crippen LogP contribution in [0.15, 0.2) is 62.9 Å². The average Bonchev–Trinajstić information content (AvgIpc) is 2.98. The molecule has 0 aliphatic carbocycles. The molecule has 0 spiro atoms. The molecule has 0 amide bonds. The van der Waals surface area contributed by atoms with Gasteiger partial charge in [0.15, 0.2) is 12.5 Å². The summed E-state index contributed by atoms with van der Waals surface area (Å²) in [5.74, 6) is 1.29. The molecule has 0 fully saturated rings. The lowest BCUT2D eigenvalue weighted by Crippen LogP contribution is -2.44. The number of aliphatic hydroxyl groups excluding tert-OH is 1. The first-order valence-corrected chi connectivity index (χ1v) is 14.0. The highest BCUT2D eigenvalue weighted by atomic mass is 16.6. The molecule has 3 aromatic rings. The van der Waals surface area contributed by atoms with Crippen LogP contribution < -0.4 is 19.1 Å². The van der Waals surface area contributed by atoms with E-state index < -0.39 is 11.7 Å². The second-order valence-electron chi connectivity index (χ2n) is 11.9. The van der Waals surface area contributed by atoms with Gasteiger partial charge in [0.2, 0.25) is 0 Å². The summed E-state index contributed by atoms with van der Waals surface area (Å²) in [4.78, 5) is 12.9. The van der Waals surface area contributed by atoms with Crippen LogP contribution in [0, 0.1) is 10.1 Å². The van der Waals surface area contributed by atoms with Crippen molar-refractivity contribution < 1.29 is 24.2 Å². The Kier molecular flexibility index (Phi) is 8.06. The van der Waals surface area contributed by atoms with Gasteiger partial charge in [0.1, 0.15) is 28.6 Å². The first-order valence-electron chi connectivity index (χ1n) is 14.0. The average molecular weight is 589 g/mol. The summed E-state index contributed by atoms with van der Waals surface area (Å²) < 4.78 is 17.0. The van der Waals surface area contributed by atoms with Gasteiger partial charge in [-0.25, -0.2) is 0 Å². The van der Waals surface area contributed by atoms with Gasteiger partial charge in [-0.2, -0.15) is 5.11 Å². The number of hydrogen-bond acceptors (Lipinski definition) is 11. The van der Waals surface area contributed by atoms with Crippen LogP contribution >= 0.6 is 0 Å². The molecule has 3 aromatic carbocycles. The van der Waals surface area contributed by atoms with E-state index in [1.165, 1.54) is 49.7 Å². The van der Waals surface area contributed by atoms with E-state index in [2.05, 4.69) is 53.1 Å². The summed E-state index contributed by atoms with van der Waals surface area (Å²) in [5.41, 5.74) is 4.84. The highest BCUT2D eigenvalue weighted by Gasteiger charge is 2.43. The minimum Gasteiger partial charge on any atom is -0.494 e. The van der Waals surface area contributed by atoms with Crippen molar-refractivity contribution in [3.05, 3.63) is 63.7 Å². The van der Waals surface area contributed by atoms with Gasteiger partial charge in [-0.3, -0.25) is 10.1 Å². The summed E-state index contributed by atoms with van der Waals surface area (Å²) in [6, 6.07) is 11.0. The maximum atomic E-state index is 10.9. The number of hydrogen-bond donors (Lipinski definition) is 1. The van der Waals surface area contributed by atoms with Crippen molar-refractivity contribution in [3.8, 4) is 17.2 Å². The lowest BCUT2D eigenvalue weighted by molar-refractivity contribution is -0.384.